The van der Waals surface area contributed by atoms with Crippen molar-refractivity contribution in [2.75, 3.05) is 5.32 Å². The van der Waals surface area contributed by atoms with Gasteiger partial charge >= 0.3 is 0 Å². The molecular formula is C17H15BrN4OS. The van der Waals surface area contributed by atoms with Crippen LogP contribution in [0.5, 0.6) is 0 Å². The average Bonchev–Trinajstić information content (AvgIpc) is 3.01. The largest absolute Gasteiger partial charge is 0.326 e. The number of thioether (sulfide) groups is 1. The predicted molar refractivity (Wildman–Crippen MR) is 99.4 cm³/mol. The minimum atomic E-state index is -0.0971. The van der Waals surface area contributed by atoms with E-state index in [1.165, 1.54) is 12.5 Å². The fraction of sp³-hybridized carbons (Fsp3) is 0.118. The van der Waals surface area contributed by atoms with Crippen molar-refractivity contribution in [2.45, 2.75) is 17.8 Å². The first-order valence-corrected chi connectivity index (χ1v) is 9.05. The summed E-state index contributed by atoms with van der Waals surface area (Å²) in [4.78, 5) is 11.2. The minimum absolute atomic E-state index is 0.0971. The van der Waals surface area contributed by atoms with E-state index in [9.17, 15) is 4.79 Å². The first kappa shape index (κ1) is 16.7. The fourth-order valence-corrected chi connectivity index (χ4v) is 3.53. The highest BCUT2D eigenvalue weighted by Gasteiger charge is 2.08. The van der Waals surface area contributed by atoms with Gasteiger partial charge in [-0.1, -0.05) is 45.9 Å². The highest BCUT2D eigenvalue weighted by Crippen LogP contribution is 2.25. The molecule has 0 saturated carbocycles. The van der Waals surface area contributed by atoms with E-state index in [1.807, 2.05) is 41.0 Å². The van der Waals surface area contributed by atoms with Gasteiger partial charge in [-0.05, 0) is 35.9 Å². The van der Waals surface area contributed by atoms with Gasteiger partial charge in [0.25, 0.3) is 0 Å². The molecule has 24 heavy (non-hydrogen) atoms. The van der Waals surface area contributed by atoms with Gasteiger partial charge in [-0.2, -0.15) is 0 Å². The second-order valence-electron chi connectivity index (χ2n) is 5.13. The monoisotopic (exact) mass is 402 g/mol. The van der Waals surface area contributed by atoms with Gasteiger partial charge in [0.1, 0.15) is 6.33 Å². The average molecular weight is 403 g/mol. The maximum absolute atomic E-state index is 11.2. The van der Waals surface area contributed by atoms with E-state index in [0.29, 0.717) is 0 Å². The van der Waals surface area contributed by atoms with Crippen molar-refractivity contribution in [3.05, 3.63) is 64.9 Å². The topological polar surface area (TPSA) is 59.8 Å². The van der Waals surface area contributed by atoms with Crippen LogP contribution in [0.4, 0.5) is 5.69 Å². The van der Waals surface area contributed by atoms with E-state index in [1.54, 1.807) is 18.1 Å². The van der Waals surface area contributed by atoms with E-state index in [2.05, 4.69) is 43.6 Å². The second-order valence-corrected chi connectivity index (χ2v) is 6.99. The summed E-state index contributed by atoms with van der Waals surface area (Å²) in [5, 5.41) is 11.8. The lowest BCUT2D eigenvalue weighted by molar-refractivity contribution is -0.114. The maximum atomic E-state index is 11.2. The number of nitrogens with zero attached hydrogens (tertiary/aromatic N) is 3. The summed E-state index contributed by atoms with van der Waals surface area (Å²) in [5.74, 6) is 0.698. The molecule has 1 aromatic heterocycles. The van der Waals surface area contributed by atoms with E-state index >= 15 is 0 Å². The lowest BCUT2D eigenvalue weighted by Gasteiger charge is -2.09. The molecule has 2 aromatic carbocycles. The van der Waals surface area contributed by atoms with E-state index in [0.717, 1.165) is 26.8 Å². The Morgan fingerprint density at radius 1 is 1.25 bits per heavy atom. The molecule has 0 atom stereocenters. The summed E-state index contributed by atoms with van der Waals surface area (Å²) < 4.78 is 2.97. The Labute approximate surface area is 152 Å². The number of hydrogen-bond acceptors (Lipinski definition) is 4. The molecular weight excluding hydrogens is 388 g/mol. The number of amides is 1. The number of nitrogens with one attached hydrogen (secondary N) is 1. The van der Waals surface area contributed by atoms with Crippen molar-refractivity contribution in [3.8, 4) is 5.69 Å². The zero-order valence-corrected chi connectivity index (χ0v) is 15.3. The van der Waals surface area contributed by atoms with Crippen LogP contribution >= 0.6 is 27.7 Å². The van der Waals surface area contributed by atoms with Gasteiger partial charge in [0, 0.05) is 22.8 Å². The molecule has 122 valence electrons. The van der Waals surface area contributed by atoms with Crippen LogP contribution in [0.15, 0.2) is 64.5 Å². The number of carbonyl (C=O) groups excluding carboxylic acids is 1. The van der Waals surface area contributed by atoms with E-state index < -0.39 is 0 Å². The van der Waals surface area contributed by atoms with Crippen LogP contribution in [0.3, 0.4) is 0 Å². The number of anilines is 1. The third kappa shape index (κ3) is 4.24. The van der Waals surface area contributed by atoms with Gasteiger partial charge in [-0.25, -0.2) is 0 Å². The van der Waals surface area contributed by atoms with Gasteiger partial charge in [-0.15, -0.1) is 10.2 Å². The molecule has 0 spiro atoms. The third-order valence-corrected chi connectivity index (χ3v) is 4.73. The standard InChI is InChI=1S/C17H15BrN4OS/c1-12(23)20-15-6-3-7-16(9-15)22-11-19-21-17(22)24-10-13-4-2-5-14(18)8-13/h2-9,11H,10H2,1H3,(H,20,23). The summed E-state index contributed by atoms with van der Waals surface area (Å²) in [6, 6.07) is 15.8. The summed E-state index contributed by atoms with van der Waals surface area (Å²) in [7, 11) is 0. The minimum Gasteiger partial charge on any atom is -0.326 e. The van der Waals surface area contributed by atoms with Crippen LogP contribution in [-0.4, -0.2) is 20.7 Å². The number of rotatable bonds is 5. The predicted octanol–water partition coefficient (Wildman–Crippen LogP) is 4.28. The molecule has 3 rings (SSSR count). The Bertz CT molecular complexity index is 865. The quantitative estimate of drug-likeness (QED) is 0.646. The highest BCUT2D eigenvalue weighted by molar-refractivity contribution is 9.10. The molecule has 7 heteroatoms. The van der Waals surface area contributed by atoms with Crippen LogP contribution in [0, 0.1) is 0 Å². The normalized spacial score (nSPS) is 10.6. The Kier molecular flexibility index (Phi) is 5.32. The Morgan fingerprint density at radius 2 is 2.08 bits per heavy atom. The first-order valence-electron chi connectivity index (χ1n) is 7.27. The van der Waals surface area contributed by atoms with Crippen molar-refractivity contribution in [1.29, 1.82) is 0 Å². The molecule has 0 aliphatic heterocycles. The fourth-order valence-electron chi connectivity index (χ4n) is 2.21. The molecule has 0 unspecified atom stereocenters. The lowest BCUT2D eigenvalue weighted by atomic mass is 10.2. The Hall–Kier alpha value is -2.12. The molecule has 3 aromatic rings. The van der Waals surface area contributed by atoms with Crippen molar-refractivity contribution in [1.82, 2.24) is 14.8 Å². The smallest absolute Gasteiger partial charge is 0.221 e. The Balaban J connectivity index is 1.79. The molecule has 0 radical (unpaired) electrons. The van der Waals surface area contributed by atoms with Gasteiger partial charge in [0.2, 0.25) is 5.91 Å². The summed E-state index contributed by atoms with van der Waals surface area (Å²) in [5.41, 5.74) is 2.86. The van der Waals surface area contributed by atoms with Crippen LogP contribution in [0.1, 0.15) is 12.5 Å². The summed E-state index contributed by atoms with van der Waals surface area (Å²) in [6.45, 7) is 1.49. The van der Waals surface area contributed by atoms with Crippen LogP contribution in [0.25, 0.3) is 5.69 Å². The van der Waals surface area contributed by atoms with Gasteiger partial charge in [0.15, 0.2) is 5.16 Å². The molecule has 0 aliphatic rings. The summed E-state index contributed by atoms with van der Waals surface area (Å²) >= 11 is 5.09. The number of halogens is 1. The molecule has 0 aliphatic carbocycles. The van der Waals surface area contributed by atoms with Crippen molar-refractivity contribution in [3.63, 3.8) is 0 Å². The SMILES string of the molecule is CC(=O)Nc1cccc(-n2cnnc2SCc2cccc(Br)c2)c1. The van der Waals surface area contributed by atoms with Gasteiger partial charge in [0.05, 0.1) is 5.69 Å². The van der Waals surface area contributed by atoms with Crippen molar-refractivity contribution >= 4 is 39.3 Å². The van der Waals surface area contributed by atoms with E-state index in [-0.39, 0.29) is 5.91 Å². The first-order chi connectivity index (χ1) is 11.6. The van der Waals surface area contributed by atoms with Crippen LogP contribution in [0.2, 0.25) is 0 Å². The molecule has 0 bridgehead atoms. The van der Waals surface area contributed by atoms with Crippen molar-refractivity contribution < 1.29 is 4.79 Å². The molecule has 5 nitrogen and oxygen atoms in total. The summed E-state index contributed by atoms with van der Waals surface area (Å²) in [6.07, 6.45) is 1.68. The molecule has 1 amide bonds. The van der Waals surface area contributed by atoms with Gasteiger partial charge in [-0.3, -0.25) is 9.36 Å². The Morgan fingerprint density at radius 3 is 2.88 bits per heavy atom. The third-order valence-electron chi connectivity index (χ3n) is 3.22. The second kappa shape index (κ2) is 7.63. The molecule has 0 fully saturated rings. The maximum Gasteiger partial charge on any atom is 0.221 e. The van der Waals surface area contributed by atoms with E-state index in [4.69, 9.17) is 0 Å². The zero-order chi connectivity index (χ0) is 16.9. The molecule has 1 heterocycles. The lowest BCUT2D eigenvalue weighted by Crippen LogP contribution is -2.06. The van der Waals surface area contributed by atoms with Crippen molar-refractivity contribution in [2.24, 2.45) is 0 Å². The zero-order valence-electron chi connectivity index (χ0n) is 12.9. The van der Waals surface area contributed by atoms with Crippen LogP contribution in [-0.2, 0) is 10.5 Å². The molecule has 1 N–H and O–H groups in total. The number of aromatic nitrogens is 3. The number of carbonyl (C=O) groups is 1. The number of benzene rings is 2. The molecule has 0 saturated heterocycles. The van der Waals surface area contributed by atoms with Crippen LogP contribution < -0.4 is 5.32 Å². The van der Waals surface area contributed by atoms with Gasteiger partial charge < -0.3 is 5.32 Å². The number of hydrogen-bond donors (Lipinski definition) is 1. The highest BCUT2D eigenvalue weighted by atomic mass is 79.9.